The zero-order chi connectivity index (χ0) is 27.1. The lowest BCUT2D eigenvalue weighted by atomic mass is 9.96. The summed E-state index contributed by atoms with van der Waals surface area (Å²) in [5, 5.41) is 4.23. The van der Waals surface area contributed by atoms with E-state index in [1.165, 1.54) is 5.56 Å². The van der Waals surface area contributed by atoms with Crippen molar-refractivity contribution in [3.05, 3.63) is 89.1 Å². The molecule has 2 amide bonds. The zero-order valence-electron chi connectivity index (χ0n) is 22.4. The normalized spacial score (nSPS) is 16.0. The van der Waals surface area contributed by atoms with Crippen LogP contribution >= 0.6 is 0 Å². The van der Waals surface area contributed by atoms with Crippen molar-refractivity contribution in [2.24, 2.45) is 0 Å². The topological polar surface area (TPSA) is 76.0 Å². The van der Waals surface area contributed by atoms with E-state index in [1.54, 1.807) is 14.2 Å². The summed E-state index contributed by atoms with van der Waals surface area (Å²) in [6, 6.07) is 21.8. The fraction of sp³-hybridized carbons (Fsp3) is 0.290. The lowest BCUT2D eigenvalue weighted by Gasteiger charge is -2.46. The van der Waals surface area contributed by atoms with Crippen molar-refractivity contribution in [1.29, 1.82) is 0 Å². The Morgan fingerprint density at radius 3 is 2.59 bits per heavy atom. The summed E-state index contributed by atoms with van der Waals surface area (Å²) in [5.41, 5.74) is 5.92. The van der Waals surface area contributed by atoms with E-state index in [9.17, 15) is 9.59 Å². The van der Waals surface area contributed by atoms with Gasteiger partial charge >= 0.3 is 0 Å². The molecule has 8 nitrogen and oxygen atoms in total. The van der Waals surface area contributed by atoms with Gasteiger partial charge in [-0.05, 0) is 54.3 Å². The number of aromatic nitrogens is 1. The van der Waals surface area contributed by atoms with Gasteiger partial charge in [0.1, 0.15) is 12.7 Å². The van der Waals surface area contributed by atoms with Crippen LogP contribution in [0.3, 0.4) is 0 Å². The molecule has 1 unspecified atom stereocenters. The molecular formula is C31H32N4O4. The Bertz CT molecular complexity index is 1580. The van der Waals surface area contributed by atoms with Crippen LogP contribution in [-0.4, -0.2) is 55.6 Å². The fourth-order valence-electron chi connectivity index (χ4n) is 6.06. The van der Waals surface area contributed by atoms with Gasteiger partial charge in [0.05, 0.1) is 31.2 Å². The second-order valence-corrected chi connectivity index (χ2v) is 10.0. The minimum Gasteiger partial charge on any atom is -0.493 e. The van der Waals surface area contributed by atoms with E-state index in [2.05, 4.69) is 26.9 Å². The van der Waals surface area contributed by atoms with Crippen LogP contribution in [-0.2, 0) is 24.2 Å². The van der Waals surface area contributed by atoms with Gasteiger partial charge < -0.3 is 29.2 Å². The Labute approximate surface area is 227 Å². The number of ether oxygens (including phenoxy) is 2. The van der Waals surface area contributed by atoms with Gasteiger partial charge in [-0.3, -0.25) is 9.59 Å². The Kier molecular flexibility index (Phi) is 6.38. The Hall–Kier alpha value is -4.46. The smallest absolute Gasteiger partial charge is 0.257 e. The number of fused-ring (bicyclic) bond motifs is 6. The molecule has 0 radical (unpaired) electrons. The van der Waals surface area contributed by atoms with Crippen molar-refractivity contribution in [1.82, 2.24) is 14.8 Å². The molecule has 0 aliphatic carbocycles. The summed E-state index contributed by atoms with van der Waals surface area (Å²) in [5.74, 6) is 1.32. The van der Waals surface area contributed by atoms with Gasteiger partial charge in [-0.15, -0.1) is 0 Å². The highest BCUT2D eigenvalue weighted by Crippen LogP contribution is 2.44. The second-order valence-electron chi connectivity index (χ2n) is 10.0. The maximum Gasteiger partial charge on any atom is 0.257 e. The largest absolute Gasteiger partial charge is 0.493 e. The number of rotatable bonds is 7. The maximum absolute atomic E-state index is 13.5. The van der Waals surface area contributed by atoms with E-state index in [-0.39, 0.29) is 24.5 Å². The van der Waals surface area contributed by atoms with Crippen LogP contribution in [0.25, 0.3) is 10.9 Å². The molecule has 0 saturated heterocycles. The third-order valence-electron chi connectivity index (χ3n) is 7.89. The van der Waals surface area contributed by atoms with Gasteiger partial charge in [0.15, 0.2) is 11.5 Å². The minimum atomic E-state index is -0.275. The minimum absolute atomic E-state index is 0.0375. The number of benzene rings is 3. The highest BCUT2D eigenvalue weighted by molar-refractivity contribution is 6.02. The third-order valence-corrected chi connectivity index (χ3v) is 7.89. The van der Waals surface area contributed by atoms with E-state index < -0.39 is 0 Å². The zero-order valence-corrected chi connectivity index (χ0v) is 22.4. The number of amides is 2. The van der Waals surface area contributed by atoms with E-state index >= 15 is 0 Å². The maximum atomic E-state index is 13.5. The Balaban J connectivity index is 1.28. The summed E-state index contributed by atoms with van der Waals surface area (Å²) in [7, 11) is 5.26. The van der Waals surface area contributed by atoms with Crippen LogP contribution in [0.4, 0.5) is 5.69 Å². The number of hydrogen-bond donors (Lipinski definition) is 1. The first-order valence-electron chi connectivity index (χ1n) is 13.2. The number of hydrogen-bond acceptors (Lipinski definition) is 5. The van der Waals surface area contributed by atoms with E-state index in [4.69, 9.17) is 9.47 Å². The van der Waals surface area contributed by atoms with Crippen molar-refractivity contribution >= 4 is 28.4 Å². The summed E-state index contributed by atoms with van der Waals surface area (Å²) in [6.45, 7) is 1.31. The Morgan fingerprint density at radius 2 is 1.77 bits per heavy atom. The monoisotopic (exact) mass is 524 g/mol. The molecule has 8 heteroatoms. The first-order valence-corrected chi connectivity index (χ1v) is 13.2. The average Bonchev–Trinajstić information content (AvgIpc) is 3.28. The molecule has 0 spiro atoms. The third kappa shape index (κ3) is 4.16. The van der Waals surface area contributed by atoms with Crippen molar-refractivity contribution in [3.63, 3.8) is 0 Å². The first kappa shape index (κ1) is 24.9. The van der Waals surface area contributed by atoms with Crippen LogP contribution in [0.1, 0.15) is 33.3 Å². The fourth-order valence-corrected chi connectivity index (χ4v) is 6.06. The molecule has 200 valence electrons. The molecule has 0 saturated carbocycles. The molecule has 2 aliphatic heterocycles. The molecule has 1 atom stereocenters. The molecule has 0 fully saturated rings. The van der Waals surface area contributed by atoms with Gasteiger partial charge in [0.25, 0.3) is 5.91 Å². The molecule has 6 rings (SSSR count). The van der Waals surface area contributed by atoms with Crippen LogP contribution in [0, 0.1) is 0 Å². The Morgan fingerprint density at radius 1 is 1.00 bits per heavy atom. The number of carbonyl (C=O) groups excluding carboxylic acids is 2. The molecule has 1 aromatic heterocycles. The van der Waals surface area contributed by atoms with E-state index in [1.807, 2.05) is 66.5 Å². The van der Waals surface area contributed by atoms with Crippen molar-refractivity contribution in [2.75, 3.05) is 39.3 Å². The number of nitrogens with zero attached hydrogens (tertiary/aromatic N) is 3. The molecule has 3 aromatic carbocycles. The van der Waals surface area contributed by atoms with Crippen LogP contribution in [0.5, 0.6) is 11.5 Å². The lowest BCUT2D eigenvalue weighted by Crippen LogP contribution is -2.51. The molecule has 4 aromatic rings. The van der Waals surface area contributed by atoms with E-state index in [0.717, 1.165) is 39.8 Å². The van der Waals surface area contributed by atoms with Gasteiger partial charge in [-0.25, -0.2) is 0 Å². The summed E-state index contributed by atoms with van der Waals surface area (Å²) in [4.78, 5) is 30.9. The SMILES string of the molecule is COc1ccc(CCNC(=O)Cn2c3c(c4ccccc42)CCN2C(=O)c4ccccc4N(C)C32)cc1OC. The number of methoxy groups -OCH3 is 2. The average molecular weight is 525 g/mol. The van der Waals surface area contributed by atoms with Gasteiger partial charge in [0, 0.05) is 31.0 Å². The molecule has 39 heavy (non-hydrogen) atoms. The van der Waals surface area contributed by atoms with Crippen LogP contribution in [0.2, 0.25) is 0 Å². The van der Waals surface area contributed by atoms with Crippen LogP contribution in [0.15, 0.2) is 66.7 Å². The van der Waals surface area contributed by atoms with Crippen molar-refractivity contribution in [3.8, 4) is 11.5 Å². The number of para-hydroxylation sites is 2. The standard InChI is InChI=1S/C31H32N4O4/c1-33-24-10-6-5-9-23(24)31(37)34-17-15-22-21-8-4-7-11-25(21)35(29(22)30(33)34)19-28(36)32-16-14-20-12-13-26(38-2)27(18-20)39-3/h4-13,18,30H,14-17,19H2,1-3H3,(H,32,36). The highest BCUT2D eigenvalue weighted by Gasteiger charge is 2.42. The van der Waals surface area contributed by atoms with Crippen molar-refractivity contribution < 1.29 is 19.1 Å². The molecule has 2 aliphatic rings. The molecule has 1 N–H and O–H groups in total. The van der Waals surface area contributed by atoms with E-state index in [0.29, 0.717) is 31.0 Å². The number of nitrogens with one attached hydrogen (secondary N) is 1. The predicted octanol–water partition coefficient (Wildman–Crippen LogP) is 4.16. The quantitative estimate of drug-likeness (QED) is 0.393. The molecule has 3 heterocycles. The number of anilines is 1. The van der Waals surface area contributed by atoms with Crippen molar-refractivity contribution in [2.45, 2.75) is 25.6 Å². The van der Waals surface area contributed by atoms with Gasteiger partial charge in [0.2, 0.25) is 5.91 Å². The van der Waals surface area contributed by atoms with Crippen LogP contribution < -0.4 is 19.7 Å². The summed E-state index contributed by atoms with van der Waals surface area (Å²) >= 11 is 0. The molecular weight excluding hydrogens is 492 g/mol. The first-order chi connectivity index (χ1) is 19.0. The summed E-state index contributed by atoms with van der Waals surface area (Å²) in [6.07, 6.45) is 1.14. The second kappa shape index (κ2) is 10.0. The number of carbonyl (C=O) groups is 2. The summed E-state index contributed by atoms with van der Waals surface area (Å²) < 4.78 is 12.8. The highest BCUT2D eigenvalue weighted by atomic mass is 16.5. The predicted molar refractivity (Wildman–Crippen MR) is 151 cm³/mol. The lowest BCUT2D eigenvalue weighted by molar-refractivity contribution is -0.121. The van der Waals surface area contributed by atoms with Gasteiger partial charge in [-0.1, -0.05) is 36.4 Å². The van der Waals surface area contributed by atoms with Gasteiger partial charge in [-0.2, -0.15) is 0 Å². The molecule has 0 bridgehead atoms.